The van der Waals surface area contributed by atoms with Gasteiger partial charge in [0.1, 0.15) is 5.75 Å². The minimum atomic E-state index is -4.80. The minimum Gasteiger partial charge on any atom is -0.504 e. The zero-order valence-corrected chi connectivity index (χ0v) is 27.3. The summed E-state index contributed by atoms with van der Waals surface area (Å²) in [6.45, 7) is -0.485. The molecule has 0 saturated heterocycles. The zero-order chi connectivity index (χ0) is 36.6. The van der Waals surface area contributed by atoms with Crippen molar-refractivity contribution in [2.45, 2.75) is 37.9 Å². The van der Waals surface area contributed by atoms with E-state index in [0.29, 0.717) is 16.9 Å². The molecular formula is C33H29F6N3O7S. The van der Waals surface area contributed by atoms with E-state index in [9.17, 15) is 44.7 Å². The van der Waals surface area contributed by atoms with Gasteiger partial charge in [-0.25, -0.2) is 8.42 Å². The van der Waals surface area contributed by atoms with Crippen molar-refractivity contribution in [1.29, 1.82) is 0 Å². The molecule has 0 saturated carbocycles. The first-order valence-electron chi connectivity index (χ1n) is 14.7. The molecule has 0 aliphatic heterocycles. The summed E-state index contributed by atoms with van der Waals surface area (Å²) in [4.78, 5) is 19.7. The highest BCUT2D eigenvalue weighted by molar-refractivity contribution is 7.89. The number of amides is 1. The van der Waals surface area contributed by atoms with Crippen molar-refractivity contribution in [3.8, 4) is 34.4 Å². The van der Waals surface area contributed by atoms with E-state index < -0.39 is 70.5 Å². The van der Waals surface area contributed by atoms with Crippen LogP contribution in [-0.4, -0.2) is 62.1 Å². The summed E-state index contributed by atoms with van der Waals surface area (Å²) in [5.74, 6) is -3.84. The summed E-state index contributed by atoms with van der Waals surface area (Å²) < 4.78 is 122. The summed E-state index contributed by atoms with van der Waals surface area (Å²) in [6.07, 6.45) is -8.32. The molecule has 17 heteroatoms. The predicted octanol–water partition coefficient (Wildman–Crippen LogP) is 7.04. The number of sulfonamides is 1. The molecule has 2 heterocycles. The number of para-hydroxylation sites is 1. The number of H-pyrrole nitrogens is 1. The van der Waals surface area contributed by atoms with Crippen molar-refractivity contribution in [3.05, 3.63) is 77.5 Å². The van der Waals surface area contributed by atoms with Crippen molar-refractivity contribution >= 4 is 37.6 Å². The van der Waals surface area contributed by atoms with Crippen LogP contribution in [0.25, 0.3) is 32.9 Å². The number of phenolic OH excluding ortho intramolecular Hbond substituents is 1. The van der Waals surface area contributed by atoms with Crippen molar-refractivity contribution < 1.29 is 58.9 Å². The summed E-state index contributed by atoms with van der Waals surface area (Å²) in [5.41, 5.74) is 1.07. The molecule has 0 aliphatic rings. The van der Waals surface area contributed by atoms with Crippen LogP contribution >= 0.6 is 0 Å². The lowest BCUT2D eigenvalue weighted by Crippen LogP contribution is -2.34. The SMILES string of the molecule is COc1ccccc1C(C)C(=O)NS(=O)(=O)Cc1ccc(-c2[nH]c(OCC(F)(F)F)c3c2c(O)c(OCC(F)(F)F)c2cccnc23)c(C)c1. The normalized spacial score (nSPS) is 13.0. The second kappa shape index (κ2) is 13.6. The smallest absolute Gasteiger partial charge is 0.422 e. The van der Waals surface area contributed by atoms with Crippen LogP contribution in [-0.2, 0) is 20.6 Å². The van der Waals surface area contributed by atoms with Crippen molar-refractivity contribution in [1.82, 2.24) is 14.7 Å². The Kier molecular flexibility index (Phi) is 9.83. The molecule has 3 N–H and O–H groups in total. The van der Waals surface area contributed by atoms with E-state index in [1.807, 2.05) is 0 Å². The van der Waals surface area contributed by atoms with Gasteiger partial charge in [-0.2, -0.15) is 26.3 Å². The van der Waals surface area contributed by atoms with Gasteiger partial charge >= 0.3 is 12.4 Å². The van der Waals surface area contributed by atoms with Gasteiger partial charge in [0, 0.05) is 22.7 Å². The number of aromatic hydroxyl groups is 1. The van der Waals surface area contributed by atoms with Gasteiger partial charge in [0.25, 0.3) is 0 Å². The fraction of sp³-hybridized carbons (Fsp3) is 0.273. The average molecular weight is 726 g/mol. The van der Waals surface area contributed by atoms with Crippen LogP contribution < -0.4 is 18.9 Å². The lowest BCUT2D eigenvalue weighted by molar-refractivity contribution is -0.154. The number of fused-ring (bicyclic) bond motifs is 3. The number of pyridine rings is 1. The number of aromatic nitrogens is 2. The molecule has 2 aromatic heterocycles. The number of alkyl halides is 6. The third-order valence-corrected chi connectivity index (χ3v) is 8.86. The van der Waals surface area contributed by atoms with Gasteiger partial charge in [-0.1, -0.05) is 36.4 Å². The molecule has 0 aliphatic carbocycles. The standard InChI is InChI=1S/C33H29F6N3O7S/c1-17-13-19(14-50(45,46)42-30(44)18(2)21-7-4-5-9-23(21)47-3)10-11-20(17)27-24-25(31(41-27)49-16-33(37,38)39)26-22(8-6-12-40-26)29(28(24)43)48-15-32(34,35)36/h4-13,18,41,43H,14-16H2,1-3H3,(H,42,44). The first-order chi connectivity index (χ1) is 23.4. The maximum Gasteiger partial charge on any atom is 0.422 e. The van der Waals surface area contributed by atoms with Crippen LogP contribution in [0.3, 0.4) is 0 Å². The second-order valence-electron chi connectivity index (χ2n) is 11.3. The fourth-order valence-corrected chi connectivity index (χ4v) is 6.67. The monoisotopic (exact) mass is 725 g/mol. The Labute approximate surface area is 281 Å². The van der Waals surface area contributed by atoms with Crippen molar-refractivity contribution in [2.75, 3.05) is 20.3 Å². The molecule has 0 fully saturated rings. The van der Waals surface area contributed by atoms with E-state index in [2.05, 4.69) is 14.7 Å². The summed E-state index contributed by atoms with van der Waals surface area (Å²) in [6, 6.07) is 13.5. The quantitative estimate of drug-likeness (QED) is 0.123. The van der Waals surface area contributed by atoms with Gasteiger partial charge in [-0.15, -0.1) is 0 Å². The van der Waals surface area contributed by atoms with Crippen molar-refractivity contribution in [2.24, 2.45) is 0 Å². The second-order valence-corrected chi connectivity index (χ2v) is 13.0. The molecular weight excluding hydrogens is 696 g/mol. The number of rotatable bonds is 11. The molecule has 50 heavy (non-hydrogen) atoms. The molecule has 5 rings (SSSR count). The Bertz CT molecular complexity index is 2180. The number of ether oxygens (including phenoxy) is 3. The molecule has 1 unspecified atom stereocenters. The number of nitrogens with one attached hydrogen (secondary N) is 2. The number of carbonyl (C=O) groups is 1. The first kappa shape index (κ1) is 36.1. The molecule has 10 nitrogen and oxygen atoms in total. The molecule has 3 aromatic carbocycles. The van der Waals surface area contributed by atoms with Crippen LogP contribution in [0.5, 0.6) is 23.1 Å². The molecule has 5 aromatic rings. The van der Waals surface area contributed by atoms with Gasteiger partial charge < -0.3 is 24.3 Å². The predicted molar refractivity (Wildman–Crippen MR) is 171 cm³/mol. The number of halogens is 6. The maximum atomic E-state index is 13.2. The fourth-order valence-electron chi connectivity index (χ4n) is 5.49. The average Bonchev–Trinajstić information content (AvgIpc) is 3.42. The minimum absolute atomic E-state index is 0.0649. The van der Waals surface area contributed by atoms with Gasteiger partial charge in [-0.05, 0) is 43.2 Å². The molecule has 0 spiro atoms. The number of hydrogen-bond acceptors (Lipinski definition) is 8. The van der Waals surface area contributed by atoms with Crippen LogP contribution in [0.4, 0.5) is 26.3 Å². The van der Waals surface area contributed by atoms with Gasteiger partial charge in [0.05, 0.1) is 40.8 Å². The molecule has 0 radical (unpaired) electrons. The Balaban J connectivity index is 1.54. The maximum absolute atomic E-state index is 13.2. The van der Waals surface area contributed by atoms with E-state index in [4.69, 9.17) is 14.2 Å². The molecule has 0 bridgehead atoms. The lowest BCUT2D eigenvalue weighted by atomic mass is 9.98. The molecule has 1 amide bonds. The number of carbonyl (C=O) groups excluding carboxylic acids is 1. The Morgan fingerprint density at radius 1 is 0.980 bits per heavy atom. The number of nitrogens with zero attached hydrogens (tertiary/aromatic N) is 1. The van der Waals surface area contributed by atoms with Gasteiger partial charge in [-0.3, -0.25) is 14.5 Å². The number of benzene rings is 3. The molecule has 1 atom stereocenters. The van der Waals surface area contributed by atoms with Crippen LogP contribution in [0.15, 0.2) is 60.8 Å². The van der Waals surface area contributed by atoms with E-state index >= 15 is 0 Å². The van der Waals surface area contributed by atoms with Crippen molar-refractivity contribution in [3.63, 3.8) is 0 Å². The number of methoxy groups -OCH3 is 1. The zero-order valence-electron chi connectivity index (χ0n) is 26.5. The number of aryl methyl sites for hydroxylation is 1. The van der Waals surface area contributed by atoms with E-state index in [0.717, 1.165) is 0 Å². The van der Waals surface area contributed by atoms with Crippen LogP contribution in [0.1, 0.15) is 29.5 Å². The van der Waals surface area contributed by atoms with Crippen LogP contribution in [0.2, 0.25) is 0 Å². The highest BCUT2D eigenvalue weighted by Crippen LogP contribution is 2.50. The van der Waals surface area contributed by atoms with E-state index in [1.54, 1.807) is 24.3 Å². The Morgan fingerprint density at radius 3 is 2.32 bits per heavy atom. The van der Waals surface area contributed by atoms with Gasteiger partial charge in [0.15, 0.2) is 24.7 Å². The highest BCUT2D eigenvalue weighted by atomic mass is 32.2. The number of hydrogen-bond donors (Lipinski definition) is 3. The van der Waals surface area contributed by atoms with E-state index in [-0.39, 0.29) is 38.5 Å². The Hall–Kier alpha value is -5.19. The van der Waals surface area contributed by atoms with E-state index in [1.165, 1.54) is 57.5 Å². The Morgan fingerprint density at radius 2 is 1.66 bits per heavy atom. The summed E-state index contributed by atoms with van der Waals surface area (Å²) >= 11 is 0. The lowest BCUT2D eigenvalue weighted by Gasteiger charge is -2.16. The summed E-state index contributed by atoms with van der Waals surface area (Å²) in [7, 11) is -2.82. The first-order valence-corrected chi connectivity index (χ1v) is 16.4. The van der Waals surface area contributed by atoms with Crippen LogP contribution in [0, 0.1) is 6.92 Å². The molecule has 266 valence electrons. The number of phenols is 1. The third kappa shape index (κ3) is 7.82. The van der Waals surface area contributed by atoms with Gasteiger partial charge in [0.2, 0.25) is 21.8 Å². The largest absolute Gasteiger partial charge is 0.504 e. The third-order valence-electron chi connectivity index (χ3n) is 7.64. The topological polar surface area (TPSA) is 140 Å². The highest BCUT2D eigenvalue weighted by Gasteiger charge is 2.33. The summed E-state index contributed by atoms with van der Waals surface area (Å²) in [5, 5.41) is 10.8. The number of aromatic amines is 1.